The minimum absolute atomic E-state index is 0.0535. The first-order chi connectivity index (χ1) is 11.5. The summed E-state index contributed by atoms with van der Waals surface area (Å²) < 4.78 is 12.3. The highest BCUT2D eigenvalue weighted by Gasteiger charge is 2.17. The van der Waals surface area contributed by atoms with Crippen LogP contribution in [0.3, 0.4) is 0 Å². The lowest BCUT2D eigenvalue weighted by molar-refractivity contribution is -0.385. The number of anilines is 1. The van der Waals surface area contributed by atoms with Crippen molar-refractivity contribution in [2.24, 2.45) is 0 Å². The third-order valence-corrected chi connectivity index (χ3v) is 3.65. The number of hydrogen-bond acceptors (Lipinski definition) is 6. The number of ether oxygens (including phenoxy) is 2. The van der Waals surface area contributed by atoms with Crippen LogP contribution in [0, 0.1) is 17.0 Å². The van der Waals surface area contributed by atoms with Gasteiger partial charge in [-0.3, -0.25) is 19.6 Å². The van der Waals surface area contributed by atoms with Gasteiger partial charge >= 0.3 is 5.69 Å². The molecule has 3 rings (SSSR count). The molecule has 0 saturated carbocycles. The van der Waals surface area contributed by atoms with Crippen molar-refractivity contribution in [3.63, 3.8) is 0 Å². The maximum Gasteiger partial charge on any atom is 0.309 e. The third kappa shape index (κ3) is 3.29. The highest BCUT2D eigenvalue weighted by Crippen LogP contribution is 2.32. The highest BCUT2D eigenvalue weighted by atomic mass is 16.6. The van der Waals surface area contributed by atoms with Crippen molar-refractivity contribution < 1.29 is 19.2 Å². The molecule has 1 aliphatic heterocycles. The molecule has 1 aliphatic rings. The predicted molar refractivity (Wildman–Crippen MR) is 84.3 cm³/mol. The predicted octanol–water partition coefficient (Wildman–Crippen LogP) is 1.90. The minimum Gasteiger partial charge on any atom is -0.486 e. The van der Waals surface area contributed by atoms with Crippen LogP contribution >= 0.6 is 0 Å². The molecule has 1 aromatic heterocycles. The monoisotopic (exact) mass is 332 g/mol. The molecule has 0 unspecified atom stereocenters. The summed E-state index contributed by atoms with van der Waals surface area (Å²) in [6, 6.07) is 5.18. The smallest absolute Gasteiger partial charge is 0.309 e. The molecule has 1 N–H and O–H groups in total. The third-order valence-electron chi connectivity index (χ3n) is 3.65. The molecule has 0 bridgehead atoms. The molecule has 9 heteroatoms. The van der Waals surface area contributed by atoms with Crippen molar-refractivity contribution in [2.45, 2.75) is 19.9 Å². The van der Waals surface area contributed by atoms with Gasteiger partial charge in [0.1, 0.15) is 25.1 Å². The first-order valence-corrected chi connectivity index (χ1v) is 7.41. The Labute approximate surface area is 137 Å². The van der Waals surface area contributed by atoms with Gasteiger partial charge in [0.15, 0.2) is 11.5 Å². The lowest BCUT2D eigenvalue weighted by atomic mass is 10.2. The maximum atomic E-state index is 12.0. The number of aromatic nitrogens is 2. The lowest BCUT2D eigenvalue weighted by Gasteiger charge is -2.19. The Bertz CT molecular complexity index is 786. The first kappa shape index (κ1) is 15.8. The van der Waals surface area contributed by atoms with Crippen molar-refractivity contribution in [2.75, 3.05) is 18.5 Å². The second-order valence-electron chi connectivity index (χ2n) is 5.25. The number of amides is 1. The Morgan fingerprint density at radius 2 is 2.12 bits per heavy atom. The standard InChI is InChI=1S/C15H16N4O5/c1-10-12(19(21)22)9-16-18(10)5-4-15(20)17-11-2-3-13-14(8-11)24-7-6-23-13/h2-3,8-9H,4-7H2,1H3,(H,17,20). The van der Waals surface area contributed by atoms with Crippen molar-refractivity contribution >= 4 is 17.3 Å². The Hall–Kier alpha value is -3.10. The number of nitrogens with zero attached hydrogens (tertiary/aromatic N) is 3. The van der Waals surface area contributed by atoms with Crippen LogP contribution in [-0.4, -0.2) is 33.8 Å². The number of hydrogen-bond donors (Lipinski definition) is 1. The van der Waals surface area contributed by atoms with E-state index in [0.29, 0.717) is 36.1 Å². The molecular weight excluding hydrogens is 316 g/mol. The van der Waals surface area contributed by atoms with Gasteiger partial charge < -0.3 is 14.8 Å². The lowest BCUT2D eigenvalue weighted by Crippen LogP contribution is -2.17. The summed E-state index contributed by atoms with van der Waals surface area (Å²) in [4.78, 5) is 22.3. The summed E-state index contributed by atoms with van der Waals surface area (Å²) in [6.45, 7) is 2.84. The normalized spacial score (nSPS) is 12.7. The van der Waals surface area contributed by atoms with E-state index in [1.165, 1.54) is 10.9 Å². The van der Waals surface area contributed by atoms with E-state index >= 15 is 0 Å². The number of nitro groups is 1. The summed E-state index contributed by atoms with van der Waals surface area (Å²) in [7, 11) is 0. The Morgan fingerprint density at radius 1 is 1.38 bits per heavy atom. The Balaban J connectivity index is 1.59. The Kier molecular flexibility index (Phi) is 4.32. The molecule has 1 amide bonds. The van der Waals surface area contributed by atoms with Crippen LogP contribution in [0.2, 0.25) is 0 Å². The van der Waals surface area contributed by atoms with Crippen LogP contribution in [0.4, 0.5) is 11.4 Å². The second kappa shape index (κ2) is 6.57. The van der Waals surface area contributed by atoms with Crippen molar-refractivity contribution in [3.8, 4) is 11.5 Å². The number of aryl methyl sites for hydroxylation is 1. The van der Waals surface area contributed by atoms with Gasteiger partial charge in [-0.1, -0.05) is 0 Å². The highest BCUT2D eigenvalue weighted by molar-refractivity contribution is 5.91. The van der Waals surface area contributed by atoms with E-state index in [9.17, 15) is 14.9 Å². The van der Waals surface area contributed by atoms with Gasteiger partial charge in [0, 0.05) is 18.2 Å². The molecule has 9 nitrogen and oxygen atoms in total. The van der Waals surface area contributed by atoms with E-state index in [0.717, 1.165) is 0 Å². The van der Waals surface area contributed by atoms with Gasteiger partial charge in [0.2, 0.25) is 5.91 Å². The summed E-state index contributed by atoms with van der Waals surface area (Å²) in [5.41, 5.74) is 0.974. The molecule has 126 valence electrons. The fourth-order valence-corrected chi connectivity index (χ4v) is 2.39. The SMILES string of the molecule is Cc1c([N+](=O)[O-])cnn1CCC(=O)Nc1ccc2c(c1)OCCO2. The van der Waals surface area contributed by atoms with Crippen LogP contribution in [0.1, 0.15) is 12.1 Å². The van der Waals surface area contributed by atoms with Gasteiger partial charge in [-0.05, 0) is 19.1 Å². The van der Waals surface area contributed by atoms with Crippen LogP contribution in [-0.2, 0) is 11.3 Å². The fourth-order valence-electron chi connectivity index (χ4n) is 2.39. The van der Waals surface area contributed by atoms with Crippen molar-refractivity contribution in [1.82, 2.24) is 9.78 Å². The van der Waals surface area contributed by atoms with Gasteiger partial charge in [-0.2, -0.15) is 5.10 Å². The number of carbonyl (C=O) groups excluding carboxylic acids is 1. The number of carbonyl (C=O) groups is 1. The largest absolute Gasteiger partial charge is 0.486 e. The molecule has 24 heavy (non-hydrogen) atoms. The average Bonchev–Trinajstić information content (AvgIpc) is 2.94. The molecule has 1 aromatic carbocycles. The molecule has 0 saturated heterocycles. The molecule has 0 radical (unpaired) electrons. The van der Waals surface area contributed by atoms with Gasteiger partial charge in [0.05, 0.1) is 11.5 Å². The molecular formula is C15H16N4O5. The summed E-state index contributed by atoms with van der Waals surface area (Å²) in [6.07, 6.45) is 1.34. The van der Waals surface area contributed by atoms with E-state index in [-0.39, 0.29) is 24.6 Å². The zero-order valence-electron chi connectivity index (χ0n) is 13.0. The van der Waals surface area contributed by atoms with Gasteiger partial charge in [-0.25, -0.2) is 0 Å². The van der Waals surface area contributed by atoms with Crippen LogP contribution in [0.25, 0.3) is 0 Å². The molecule has 0 aliphatic carbocycles. The summed E-state index contributed by atoms with van der Waals surface area (Å²) >= 11 is 0. The number of nitrogens with one attached hydrogen (secondary N) is 1. The van der Waals surface area contributed by atoms with E-state index in [1.807, 2.05) is 0 Å². The minimum atomic E-state index is -0.492. The summed E-state index contributed by atoms with van der Waals surface area (Å²) in [5.74, 6) is 1.03. The van der Waals surface area contributed by atoms with Crippen LogP contribution in [0.5, 0.6) is 11.5 Å². The molecule has 2 heterocycles. The zero-order valence-corrected chi connectivity index (χ0v) is 13.0. The molecule has 0 fully saturated rings. The Morgan fingerprint density at radius 3 is 2.83 bits per heavy atom. The number of benzene rings is 1. The zero-order chi connectivity index (χ0) is 17.1. The number of fused-ring (bicyclic) bond motifs is 1. The van der Waals surface area contributed by atoms with Crippen LogP contribution < -0.4 is 14.8 Å². The van der Waals surface area contributed by atoms with E-state index < -0.39 is 4.92 Å². The topological polar surface area (TPSA) is 109 Å². The van der Waals surface area contributed by atoms with Gasteiger partial charge in [-0.15, -0.1) is 0 Å². The van der Waals surface area contributed by atoms with E-state index in [4.69, 9.17) is 9.47 Å². The van der Waals surface area contributed by atoms with E-state index in [1.54, 1.807) is 25.1 Å². The average molecular weight is 332 g/mol. The molecule has 0 spiro atoms. The fraction of sp³-hybridized carbons (Fsp3) is 0.333. The van der Waals surface area contributed by atoms with Crippen molar-refractivity contribution in [3.05, 3.63) is 40.2 Å². The summed E-state index contributed by atoms with van der Waals surface area (Å²) in [5, 5.41) is 17.5. The van der Waals surface area contributed by atoms with Gasteiger partial charge in [0.25, 0.3) is 0 Å². The first-order valence-electron chi connectivity index (χ1n) is 7.41. The molecule has 2 aromatic rings. The molecule has 0 atom stereocenters. The maximum absolute atomic E-state index is 12.0. The quantitative estimate of drug-likeness (QED) is 0.661. The second-order valence-corrected chi connectivity index (χ2v) is 5.25. The number of rotatable bonds is 5. The van der Waals surface area contributed by atoms with E-state index in [2.05, 4.69) is 10.4 Å². The van der Waals surface area contributed by atoms with Crippen molar-refractivity contribution in [1.29, 1.82) is 0 Å². The van der Waals surface area contributed by atoms with Crippen LogP contribution in [0.15, 0.2) is 24.4 Å².